The van der Waals surface area contributed by atoms with E-state index in [0.717, 1.165) is 41.8 Å². The number of halogens is 1. The molecular formula is C18H23FN2. The van der Waals surface area contributed by atoms with Gasteiger partial charge in [-0.2, -0.15) is 0 Å². The van der Waals surface area contributed by atoms with Gasteiger partial charge in [-0.25, -0.2) is 4.39 Å². The maximum absolute atomic E-state index is 13.6. The normalized spacial score (nSPS) is 12.4. The molecule has 2 rings (SSSR count). The van der Waals surface area contributed by atoms with Crippen LogP contribution in [-0.4, -0.2) is 11.5 Å². The van der Waals surface area contributed by atoms with Gasteiger partial charge in [-0.3, -0.25) is 4.98 Å². The summed E-state index contributed by atoms with van der Waals surface area (Å²) in [5, 5.41) is 3.51. The molecule has 1 heterocycles. The Morgan fingerprint density at radius 3 is 2.67 bits per heavy atom. The van der Waals surface area contributed by atoms with E-state index in [0.29, 0.717) is 0 Å². The van der Waals surface area contributed by atoms with Gasteiger partial charge < -0.3 is 5.32 Å². The highest BCUT2D eigenvalue weighted by Gasteiger charge is 2.15. The fourth-order valence-corrected chi connectivity index (χ4v) is 2.43. The Morgan fingerprint density at radius 2 is 2.00 bits per heavy atom. The summed E-state index contributed by atoms with van der Waals surface area (Å²) in [4.78, 5) is 4.47. The molecule has 2 nitrogen and oxygen atoms in total. The van der Waals surface area contributed by atoms with Crippen LogP contribution in [0.3, 0.4) is 0 Å². The van der Waals surface area contributed by atoms with E-state index >= 15 is 0 Å². The Kier molecular flexibility index (Phi) is 5.45. The third-order valence-electron chi connectivity index (χ3n) is 3.64. The molecule has 1 N–H and O–H groups in total. The highest BCUT2D eigenvalue weighted by molar-refractivity contribution is 5.31. The standard InChI is InChI=1S/C18H23FN2/c1-4-9-20-18(11-16-8-5-13(2)12-21-16)17-10-15(19)7-6-14(17)3/h5-8,10,12,18,20H,4,9,11H2,1-3H3. The SMILES string of the molecule is CCCNC(Cc1ccc(C)cn1)c1cc(F)ccc1C. The average molecular weight is 286 g/mol. The largest absolute Gasteiger partial charge is 0.310 e. The molecule has 112 valence electrons. The molecule has 0 spiro atoms. The van der Waals surface area contributed by atoms with Gasteiger partial charge in [0.25, 0.3) is 0 Å². The van der Waals surface area contributed by atoms with Gasteiger partial charge in [-0.15, -0.1) is 0 Å². The molecule has 0 fully saturated rings. The summed E-state index contributed by atoms with van der Waals surface area (Å²) in [5.74, 6) is -0.184. The second-order valence-corrected chi connectivity index (χ2v) is 5.54. The molecule has 0 radical (unpaired) electrons. The average Bonchev–Trinajstić information content (AvgIpc) is 2.48. The van der Waals surface area contributed by atoms with Crippen molar-refractivity contribution in [1.82, 2.24) is 10.3 Å². The Balaban J connectivity index is 2.25. The molecular weight excluding hydrogens is 263 g/mol. The number of hydrogen-bond donors (Lipinski definition) is 1. The molecule has 0 saturated carbocycles. The lowest BCUT2D eigenvalue weighted by Gasteiger charge is -2.21. The van der Waals surface area contributed by atoms with Crippen LogP contribution in [0.1, 0.15) is 41.8 Å². The summed E-state index contributed by atoms with van der Waals surface area (Å²) in [7, 11) is 0. The highest BCUT2D eigenvalue weighted by atomic mass is 19.1. The predicted molar refractivity (Wildman–Crippen MR) is 84.8 cm³/mol. The molecule has 21 heavy (non-hydrogen) atoms. The van der Waals surface area contributed by atoms with E-state index in [1.165, 1.54) is 6.07 Å². The van der Waals surface area contributed by atoms with Crippen molar-refractivity contribution in [3.8, 4) is 0 Å². The van der Waals surface area contributed by atoms with Crippen LogP contribution < -0.4 is 5.32 Å². The minimum atomic E-state index is -0.184. The van der Waals surface area contributed by atoms with Crippen LogP contribution in [0.25, 0.3) is 0 Å². The Bertz CT molecular complexity index is 578. The summed E-state index contributed by atoms with van der Waals surface area (Å²) in [6.07, 6.45) is 3.70. The summed E-state index contributed by atoms with van der Waals surface area (Å²) in [6, 6.07) is 9.20. The minimum absolute atomic E-state index is 0.0934. The van der Waals surface area contributed by atoms with Crippen molar-refractivity contribution in [2.75, 3.05) is 6.54 Å². The van der Waals surface area contributed by atoms with Gasteiger partial charge in [0, 0.05) is 24.4 Å². The van der Waals surface area contributed by atoms with Gasteiger partial charge >= 0.3 is 0 Å². The smallest absolute Gasteiger partial charge is 0.123 e. The van der Waals surface area contributed by atoms with Crippen LogP contribution in [0.2, 0.25) is 0 Å². The van der Waals surface area contributed by atoms with Gasteiger partial charge in [0.1, 0.15) is 5.82 Å². The van der Waals surface area contributed by atoms with E-state index in [4.69, 9.17) is 0 Å². The Labute approximate surface area is 126 Å². The first-order valence-electron chi connectivity index (χ1n) is 7.51. The van der Waals surface area contributed by atoms with Crippen molar-refractivity contribution in [2.45, 2.75) is 39.7 Å². The molecule has 1 aromatic carbocycles. The van der Waals surface area contributed by atoms with E-state index in [1.54, 1.807) is 6.07 Å². The predicted octanol–water partition coefficient (Wildman–Crippen LogP) is 4.12. The first-order valence-corrected chi connectivity index (χ1v) is 7.51. The molecule has 1 atom stereocenters. The van der Waals surface area contributed by atoms with Crippen LogP contribution in [-0.2, 0) is 6.42 Å². The maximum Gasteiger partial charge on any atom is 0.123 e. The Morgan fingerprint density at radius 1 is 1.19 bits per heavy atom. The zero-order valence-electron chi connectivity index (χ0n) is 13.0. The fourth-order valence-electron chi connectivity index (χ4n) is 2.43. The second kappa shape index (κ2) is 7.32. The summed E-state index contributed by atoms with van der Waals surface area (Å²) >= 11 is 0. The Hall–Kier alpha value is -1.74. The number of rotatable bonds is 6. The third kappa shape index (κ3) is 4.36. The van der Waals surface area contributed by atoms with Gasteiger partial charge in [-0.1, -0.05) is 19.1 Å². The molecule has 3 heteroatoms. The topological polar surface area (TPSA) is 24.9 Å². The van der Waals surface area contributed by atoms with Gasteiger partial charge in [0.2, 0.25) is 0 Å². The summed E-state index contributed by atoms with van der Waals surface area (Å²) in [6.45, 7) is 7.09. The molecule has 0 amide bonds. The zero-order valence-corrected chi connectivity index (χ0v) is 13.0. The molecule has 0 saturated heterocycles. The minimum Gasteiger partial charge on any atom is -0.310 e. The third-order valence-corrected chi connectivity index (χ3v) is 3.64. The van der Waals surface area contributed by atoms with Gasteiger partial charge in [-0.05, 0) is 61.7 Å². The number of benzene rings is 1. The zero-order chi connectivity index (χ0) is 15.2. The van der Waals surface area contributed by atoms with Gasteiger partial charge in [0.15, 0.2) is 0 Å². The first-order chi connectivity index (χ1) is 10.1. The van der Waals surface area contributed by atoms with Crippen LogP contribution in [0.5, 0.6) is 0 Å². The highest BCUT2D eigenvalue weighted by Crippen LogP contribution is 2.22. The van der Waals surface area contributed by atoms with E-state index in [9.17, 15) is 4.39 Å². The monoisotopic (exact) mass is 286 g/mol. The van der Waals surface area contributed by atoms with Crippen LogP contribution in [0.4, 0.5) is 4.39 Å². The van der Waals surface area contributed by atoms with E-state index in [-0.39, 0.29) is 11.9 Å². The molecule has 2 aromatic rings. The number of pyridine rings is 1. The fraction of sp³-hybridized carbons (Fsp3) is 0.389. The van der Waals surface area contributed by atoms with Crippen LogP contribution in [0.15, 0.2) is 36.5 Å². The number of hydrogen-bond acceptors (Lipinski definition) is 2. The van der Waals surface area contributed by atoms with Crippen molar-refractivity contribution in [3.63, 3.8) is 0 Å². The number of nitrogens with one attached hydrogen (secondary N) is 1. The molecule has 1 aromatic heterocycles. The van der Waals surface area contributed by atoms with Crippen molar-refractivity contribution in [1.29, 1.82) is 0 Å². The lowest BCUT2D eigenvalue weighted by Crippen LogP contribution is -2.25. The summed E-state index contributed by atoms with van der Waals surface area (Å²) < 4.78 is 13.6. The van der Waals surface area contributed by atoms with Crippen LogP contribution in [0, 0.1) is 19.7 Å². The quantitative estimate of drug-likeness (QED) is 0.864. The van der Waals surface area contributed by atoms with Crippen molar-refractivity contribution < 1.29 is 4.39 Å². The molecule has 1 unspecified atom stereocenters. The molecule has 0 aliphatic carbocycles. The lowest BCUT2D eigenvalue weighted by atomic mass is 9.96. The molecule has 0 aliphatic heterocycles. The van der Waals surface area contributed by atoms with E-state index in [1.807, 2.05) is 32.2 Å². The van der Waals surface area contributed by atoms with E-state index in [2.05, 4.69) is 23.3 Å². The maximum atomic E-state index is 13.6. The molecule has 0 bridgehead atoms. The first kappa shape index (κ1) is 15.6. The van der Waals surface area contributed by atoms with Crippen molar-refractivity contribution in [3.05, 3.63) is 64.7 Å². The van der Waals surface area contributed by atoms with Gasteiger partial charge in [0.05, 0.1) is 0 Å². The number of aromatic nitrogens is 1. The van der Waals surface area contributed by atoms with Crippen molar-refractivity contribution >= 4 is 0 Å². The van der Waals surface area contributed by atoms with Crippen LogP contribution >= 0.6 is 0 Å². The summed E-state index contributed by atoms with van der Waals surface area (Å²) in [5.41, 5.74) is 4.31. The molecule has 0 aliphatic rings. The number of aryl methyl sites for hydroxylation is 2. The van der Waals surface area contributed by atoms with Crippen molar-refractivity contribution in [2.24, 2.45) is 0 Å². The lowest BCUT2D eigenvalue weighted by molar-refractivity contribution is 0.517. The number of nitrogens with zero attached hydrogens (tertiary/aromatic N) is 1. The van der Waals surface area contributed by atoms with E-state index < -0.39 is 0 Å². The second-order valence-electron chi connectivity index (χ2n) is 5.54.